The number of amides is 1. The van der Waals surface area contributed by atoms with Gasteiger partial charge in [-0.25, -0.2) is 4.79 Å². The van der Waals surface area contributed by atoms with Crippen molar-refractivity contribution in [3.05, 3.63) is 61.9 Å². The number of aromatic nitrogens is 2. The lowest BCUT2D eigenvalue weighted by molar-refractivity contribution is -0.119. The molecule has 0 radical (unpaired) electrons. The van der Waals surface area contributed by atoms with Crippen molar-refractivity contribution in [2.75, 3.05) is 11.4 Å². The van der Waals surface area contributed by atoms with Gasteiger partial charge in [0.25, 0.3) is 5.56 Å². The minimum atomic E-state index is -0.500. The van der Waals surface area contributed by atoms with Crippen LogP contribution in [0.4, 0.5) is 5.69 Å². The van der Waals surface area contributed by atoms with Crippen LogP contribution in [-0.2, 0) is 23.8 Å². The summed E-state index contributed by atoms with van der Waals surface area (Å²) in [7, 11) is 1.40. The summed E-state index contributed by atoms with van der Waals surface area (Å²) in [5.41, 5.74) is 1.01. The zero-order valence-electron chi connectivity index (χ0n) is 14.6. The van der Waals surface area contributed by atoms with E-state index in [2.05, 4.69) is 6.07 Å². The molecule has 4 rings (SSSR count). The van der Waals surface area contributed by atoms with Gasteiger partial charge in [0, 0.05) is 31.3 Å². The van der Waals surface area contributed by atoms with Gasteiger partial charge in [-0.05, 0) is 24.5 Å². The van der Waals surface area contributed by atoms with Gasteiger partial charge in [0.2, 0.25) is 5.91 Å². The van der Waals surface area contributed by atoms with E-state index >= 15 is 0 Å². The Morgan fingerprint density at radius 3 is 2.65 bits per heavy atom. The Labute approximate surface area is 155 Å². The van der Waals surface area contributed by atoms with E-state index in [0.717, 1.165) is 41.5 Å². The highest BCUT2D eigenvalue weighted by atomic mass is 35.5. The maximum Gasteiger partial charge on any atom is 0.331 e. The summed E-state index contributed by atoms with van der Waals surface area (Å²) in [6.07, 6.45) is 5.76. The second-order valence-electron chi connectivity index (χ2n) is 7.23. The standard InChI is InChI=1S/C19H20ClN3O3/c1-21-15(24)7-10-22(18(21)26)11-16(25)23-12-19(8-2-3-9-19)13-5-4-6-14(20)17(13)23/h4-7,10H,2-3,8-9,11-12H2,1H3. The van der Waals surface area contributed by atoms with Crippen molar-refractivity contribution in [3.63, 3.8) is 0 Å². The summed E-state index contributed by atoms with van der Waals surface area (Å²) < 4.78 is 2.26. The van der Waals surface area contributed by atoms with Crippen LogP contribution in [0.15, 0.2) is 40.1 Å². The number of carbonyl (C=O) groups excluding carboxylic acids is 1. The molecule has 1 aliphatic carbocycles. The monoisotopic (exact) mass is 373 g/mol. The smallest absolute Gasteiger partial charge is 0.308 e. The van der Waals surface area contributed by atoms with Gasteiger partial charge in [-0.1, -0.05) is 36.6 Å². The Morgan fingerprint density at radius 2 is 1.92 bits per heavy atom. The molecule has 1 amide bonds. The third kappa shape index (κ3) is 2.51. The molecule has 2 heterocycles. The van der Waals surface area contributed by atoms with Crippen LogP contribution in [-0.4, -0.2) is 21.6 Å². The van der Waals surface area contributed by atoms with E-state index in [0.29, 0.717) is 11.6 Å². The van der Waals surface area contributed by atoms with Crippen molar-refractivity contribution in [2.45, 2.75) is 37.6 Å². The largest absolute Gasteiger partial charge is 0.331 e. The fourth-order valence-electron chi connectivity index (χ4n) is 4.34. The first kappa shape index (κ1) is 17.1. The van der Waals surface area contributed by atoms with E-state index in [1.54, 1.807) is 11.0 Å². The number of benzene rings is 1. The fraction of sp³-hybridized carbons (Fsp3) is 0.421. The minimum Gasteiger partial charge on any atom is -0.308 e. The van der Waals surface area contributed by atoms with Gasteiger partial charge in [0.1, 0.15) is 6.54 Å². The molecule has 6 nitrogen and oxygen atoms in total. The number of halogens is 1. The van der Waals surface area contributed by atoms with Gasteiger partial charge in [-0.15, -0.1) is 0 Å². The number of nitrogens with zero attached hydrogens (tertiary/aromatic N) is 3. The lowest BCUT2D eigenvalue weighted by atomic mass is 9.81. The van der Waals surface area contributed by atoms with Crippen molar-refractivity contribution in [1.82, 2.24) is 9.13 Å². The molecule has 2 aliphatic rings. The van der Waals surface area contributed by atoms with E-state index in [1.807, 2.05) is 6.07 Å². The molecule has 1 fully saturated rings. The quantitative estimate of drug-likeness (QED) is 0.809. The number of fused-ring (bicyclic) bond motifs is 2. The predicted molar refractivity (Wildman–Crippen MR) is 99.9 cm³/mol. The average molecular weight is 374 g/mol. The van der Waals surface area contributed by atoms with Crippen molar-refractivity contribution in [3.8, 4) is 0 Å². The second kappa shape index (κ2) is 6.13. The van der Waals surface area contributed by atoms with Crippen molar-refractivity contribution in [1.29, 1.82) is 0 Å². The lowest BCUT2D eigenvalue weighted by Crippen LogP contribution is -2.42. The number of hydrogen-bond acceptors (Lipinski definition) is 3. The van der Waals surface area contributed by atoms with E-state index in [1.165, 1.54) is 23.9 Å². The van der Waals surface area contributed by atoms with E-state index in [4.69, 9.17) is 11.6 Å². The first-order valence-corrected chi connectivity index (χ1v) is 9.17. The van der Waals surface area contributed by atoms with Crippen LogP contribution < -0.4 is 16.1 Å². The molecule has 0 unspecified atom stereocenters. The SMILES string of the molecule is Cn1c(=O)ccn(CC(=O)N2CC3(CCCC3)c3cccc(Cl)c32)c1=O. The number of anilines is 1. The Balaban J connectivity index is 1.71. The average Bonchev–Trinajstić information content (AvgIpc) is 3.23. The zero-order valence-corrected chi connectivity index (χ0v) is 15.3. The minimum absolute atomic E-state index is 0.0234. The summed E-state index contributed by atoms with van der Waals surface area (Å²) in [6, 6.07) is 7.09. The van der Waals surface area contributed by atoms with E-state index in [9.17, 15) is 14.4 Å². The lowest BCUT2D eigenvalue weighted by Gasteiger charge is -2.24. The third-order valence-electron chi connectivity index (χ3n) is 5.72. The molecule has 1 saturated carbocycles. The van der Waals surface area contributed by atoms with Gasteiger partial charge in [-0.3, -0.25) is 18.7 Å². The Morgan fingerprint density at radius 1 is 1.19 bits per heavy atom. The summed E-state index contributed by atoms with van der Waals surface area (Å²) in [5.74, 6) is -0.191. The molecular weight excluding hydrogens is 354 g/mol. The van der Waals surface area contributed by atoms with Crippen LogP contribution in [0.2, 0.25) is 5.02 Å². The molecule has 0 N–H and O–H groups in total. The third-order valence-corrected chi connectivity index (χ3v) is 6.02. The molecule has 26 heavy (non-hydrogen) atoms. The number of rotatable bonds is 2. The topological polar surface area (TPSA) is 64.3 Å². The molecule has 7 heteroatoms. The molecular formula is C19H20ClN3O3. The van der Waals surface area contributed by atoms with E-state index < -0.39 is 11.2 Å². The van der Waals surface area contributed by atoms with Gasteiger partial charge < -0.3 is 4.90 Å². The van der Waals surface area contributed by atoms with Crippen LogP contribution in [0.25, 0.3) is 0 Å². The molecule has 1 spiro atoms. The van der Waals surface area contributed by atoms with Gasteiger partial charge in [0.05, 0.1) is 10.7 Å². The summed E-state index contributed by atoms with van der Waals surface area (Å²) in [4.78, 5) is 38.5. The predicted octanol–water partition coefficient (Wildman–Crippen LogP) is 2.06. The van der Waals surface area contributed by atoms with Crippen LogP contribution in [0.3, 0.4) is 0 Å². The highest BCUT2D eigenvalue weighted by molar-refractivity contribution is 6.34. The fourth-order valence-corrected chi connectivity index (χ4v) is 4.62. The number of carbonyl (C=O) groups is 1. The molecule has 2 aromatic rings. The summed E-state index contributed by atoms with van der Waals surface area (Å²) in [6.45, 7) is 0.485. The Hall–Kier alpha value is -2.34. The first-order valence-electron chi connectivity index (χ1n) is 8.79. The maximum atomic E-state index is 13.0. The maximum absolute atomic E-state index is 13.0. The van der Waals surface area contributed by atoms with Crippen LogP contribution in [0.1, 0.15) is 31.2 Å². The van der Waals surface area contributed by atoms with Gasteiger partial charge in [0.15, 0.2) is 0 Å². The summed E-state index contributed by atoms with van der Waals surface area (Å²) >= 11 is 6.44. The van der Waals surface area contributed by atoms with Crippen molar-refractivity contribution < 1.29 is 4.79 Å². The first-order chi connectivity index (χ1) is 12.4. The molecule has 0 saturated heterocycles. The molecule has 1 aliphatic heterocycles. The Kier molecular flexibility index (Phi) is 4.03. The molecule has 1 aromatic carbocycles. The highest BCUT2D eigenvalue weighted by Crippen LogP contribution is 2.52. The normalized spacial score (nSPS) is 17.7. The Bertz CT molecular complexity index is 1000. The van der Waals surface area contributed by atoms with E-state index in [-0.39, 0.29) is 17.9 Å². The molecule has 0 atom stereocenters. The van der Waals surface area contributed by atoms with Crippen LogP contribution in [0.5, 0.6) is 0 Å². The number of para-hydroxylation sites is 1. The van der Waals surface area contributed by atoms with Gasteiger partial charge >= 0.3 is 5.69 Å². The van der Waals surface area contributed by atoms with Crippen LogP contribution in [0, 0.1) is 0 Å². The zero-order chi connectivity index (χ0) is 18.5. The van der Waals surface area contributed by atoms with Crippen molar-refractivity contribution in [2.24, 2.45) is 7.05 Å². The molecule has 0 bridgehead atoms. The van der Waals surface area contributed by atoms with Gasteiger partial charge in [-0.2, -0.15) is 0 Å². The van der Waals surface area contributed by atoms with Crippen molar-refractivity contribution >= 4 is 23.2 Å². The summed E-state index contributed by atoms with van der Waals surface area (Å²) in [5, 5.41) is 0.562. The second-order valence-corrected chi connectivity index (χ2v) is 7.63. The molecule has 1 aromatic heterocycles. The van der Waals surface area contributed by atoms with Crippen LogP contribution >= 0.6 is 11.6 Å². The number of hydrogen-bond donors (Lipinski definition) is 0. The highest BCUT2D eigenvalue weighted by Gasteiger charge is 2.46. The molecule has 136 valence electrons.